The first-order chi connectivity index (χ1) is 10.2. The number of hydrogen-bond donors (Lipinski definition) is 1. The van der Waals surface area contributed by atoms with Gasteiger partial charge in [-0.15, -0.1) is 12.4 Å². The molecule has 0 aliphatic carbocycles. The maximum Gasteiger partial charge on any atom is 0.222 e. The molecule has 1 saturated heterocycles. The van der Waals surface area contributed by atoms with Crippen LogP contribution in [0.5, 0.6) is 5.75 Å². The normalized spacial score (nSPS) is 14.9. The van der Waals surface area contributed by atoms with Gasteiger partial charge in [0.05, 0.1) is 6.61 Å². The van der Waals surface area contributed by atoms with Gasteiger partial charge in [0.2, 0.25) is 5.91 Å². The molecular weight excluding hydrogens is 323 g/mol. The Kier molecular flexibility index (Phi) is 8.61. The van der Waals surface area contributed by atoms with Crippen molar-refractivity contribution >= 4 is 29.9 Å². The maximum absolute atomic E-state index is 12.1. The van der Waals surface area contributed by atoms with Crippen molar-refractivity contribution in [2.24, 2.45) is 0 Å². The summed E-state index contributed by atoms with van der Waals surface area (Å²) in [7, 11) is 0. The third-order valence-electron chi connectivity index (χ3n) is 3.63. The number of halogens is 2. The third-order valence-corrected chi connectivity index (χ3v) is 4.05. The van der Waals surface area contributed by atoms with Crippen LogP contribution in [0.3, 0.4) is 0 Å². The zero-order valence-corrected chi connectivity index (χ0v) is 14.5. The molecule has 0 aromatic heterocycles. The van der Waals surface area contributed by atoms with Crippen LogP contribution in [0.1, 0.15) is 24.8 Å². The van der Waals surface area contributed by atoms with Crippen LogP contribution in [0.15, 0.2) is 18.2 Å². The Morgan fingerprint density at radius 2 is 2.18 bits per heavy atom. The van der Waals surface area contributed by atoms with E-state index in [0.717, 1.165) is 55.4 Å². The highest BCUT2D eigenvalue weighted by molar-refractivity contribution is 6.31. The first-order valence-corrected chi connectivity index (χ1v) is 7.92. The second kappa shape index (κ2) is 9.93. The molecule has 1 aromatic carbocycles. The van der Waals surface area contributed by atoms with Gasteiger partial charge < -0.3 is 15.0 Å². The van der Waals surface area contributed by atoms with E-state index in [1.165, 1.54) is 0 Å². The number of ether oxygens (including phenoxy) is 1. The Hall–Kier alpha value is -0.970. The van der Waals surface area contributed by atoms with Crippen LogP contribution in [0.2, 0.25) is 5.02 Å². The summed E-state index contributed by atoms with van der Waals surface area (Å²) in [5, 5.41) is 4.04. The lowest BCUT2D eigenvalue weighted by atomic mass is 10.2. The molecule has 0 saturated carbocycles. The second-order valence-electron chi connectivity index (χ2n) is 5.35. The lowest BCUT2D eigenvalue weighted by molar-refractivity contribution is -0.131. The lowest BCUT2D eigenvalue weighted by Crippen LogP contribution is -2.34. The summed E-state index contributed by atoms with van der Waals surface area (Å²) in [6.07, 6.45) is 2.32. The van der Waals surface area contributed by atoms with Crippen molar-refractivity contribution < 1.29 is 9.53 Å². The molecule has 124 valence electrons. The summed E-state index contributed by atoms with van der Waals surface area (Å²) in [5.41, 5.74) is 1.00. The summed E-state index contributed by atoms with van der Waals surface area (Å²) in [6.45, 7) is 6.08. The molecule has 22 heavy (non-hydrogen) atoms. The molecule has 1 aromatic rings. The molecule has 1 heterocycles. The fraction of sp³-hybridized carbons (Fsp3) is 0.562. The largest absolute Gasteiger partial charge is 0.494 e. The van der Waals surface area contributed by atoms with E-state index in [1.807, 2.05) is 30.0 Å². The quantitative estimate of drug-likeness (QED) is 0.833. The molecule has 0 unspecified atom stereocenters. The van der Waals surface area contributed by atoms with E-state index in [2.05, 4.69) is 5.32 Å². The summed E-state index contributed by atoms with van der Waals surface area (Å²) in [5.74, 6) is 1.04. The molecule has 6 heteroatoms. The maximum atomic E-state index is 12.1. The Bertz CT molecular complexity index is 475. The summed E-state index contributed by atoms with van der Waals surface area (Å²) in [6, 6.07) is 5.61. The molecule has 0 bridgehead atoms. The number of carbonyl (C=O) groups excluding carboxylic acids is 1. The number of benzene rings is 1. The molecule has 0 atom stereocenters. The third kappa shape index (κ3) is 6.03. The number of amides is 1. The minimum atomic E-state index is 0. The lowest BCUT2D eigenvalue weighted by Gasteiger charge is -2.19. The van der Waals surface area contributed by atoms with Gasteiger partial charge in [0, 0.05) is 31.1 Å². The van der Waals surface area contributed by atoms with Gasteiger partial charge in [-0.25, -0.2) is 0 Å². The van der Waals surface area contributed by atoms with Crippen molar-refractivity contribution in [3.05, 3.63) is 28.8 Å². The van der Waals surface area contributed by atoms with Gasteiger partial charge in [0.15, 0.2) is 0 Å². The number of carbonyl (C=O) groups is 1. The number of nitrogens with zero attached hydrogens (tertiary/aromatic N) is 1. The highest BCUT2D eigenvalue weighted by Gasteiger charge is 2.14. The number of hydrogen-bond acceptors (Lipinski definition) is 3. The highest BCUT2D eigenvalue weighted by Crippen LogP contribution is 2.21. The minimum Gasteiger partial charge on any atom is -0.494 e. The first kappa shape index (κ1) is 19.1. The predicted octanol–water partition coefficient (Wildman–Crippen LogP) is 3.05. The number of nitrogens with one attached hydrogen (secondary N) is 1. The van der Waals surface area contributed by atoms with Gasteiger partial charge in [-0.05, 0) is 50.1 Å². The van der Waals surface area contributed by atoms with Gasteiger partial charge in [-0.3, -0.25) is 4.79 Å². The van der Waals surface area contributed by atoms with E-state index >= 15 is 0 Å². The SMILES string of the molecule is Cc1cc(OCCCC(=O)N2CCCNCC2)ccc1Cl.Cl. The van der Waals surface area contributed by atoms with Crippen LogP contribution >= 0.6 is 24.0 Å². The monoisotopic (exact) mass is 346 g/mol. The summed E-state index contributed by atoms with van der Waals surface area (Å²) >= 11 is 5.97. The van der Waals surface area contributed by atoms with E-state index < -0.39 is 0 Å². The van der Waals surface area contributed by atoms with Crippen molar-refractivity contribution in [3.8, 4) is 5.75 Å². The molecule has 4 nitrogen and oxygen atoms in total. The van der Waals surface area contributed by atoms with Gasteiger partial charge in [0.25, 0.3) is 0 Å². The predicted molar refractivity (Wildman–Crippen MR) is 92.2 cm³/mol. The van der Waals surface area contributed by atoms with Crippen LogP contribution < -0.4 is 10.1 Å². The summed E-state index contributed by atoms with van der Waals surface area (Å²) < 4.78 is 5.66. The van der Waals surface area contributed by atoms with E-state index in [1.54, 1.807) is 0 Å². The van der Waals surface area contributed by atoms with Crippen molar-refractivity contribution in [2.75, 3.05) is 32.8 Å². The van der Waals surface area contributed by atoms with E-state index in [4.69, 9.17) is 16.3 Å². The van der Waals surface area contributed by atoms with Gasteiger partial charge in [-0.2, -0.15) is 0 Å². The molecule has 1 aliphatic rings. The average Bonchev–Trinajstić information content (AvgIpc) is 2.76. The van der Waals surface area contributed by atoms with Gasteiger partial charge >= 0.3 is 0 Å². The Balaban J connectivity index is 0.00000242. The first-order valence-electron chi connectivity index (χ1n) is 7.54. The van der Waals surface area contributed by atoms with Crippen molar-refractivity contribution in [1.82, 2.24) is 10.2 Å². The zero-order chi connectivity index (χ0) is 15.1. The van der Waals surface area contributed by atoms with Crippen LogP contribution in [0.25, 0.3) is 0 Å². The van der Waals surface area contributed by atoms with Crippen molar-refractivity contribution in [3.63, 3.8) is 0 Å². The van der Waals surface area contributed by atoms with Crippen LogP contribution in [0, 0.1) is 6.92 Å². The fourth-order valence-corrected chi connectivity index (χ4v) is 2.49. The average molecular weight is 347 g/mol. The van der Waals surface area contributed by atoms with E-state index in [-0.39, 0.29) is 18.3 Å². The van der Waals surface area contributed by atoms with Crippen LogP contribution in [0.4, 0.5) is 0 Å². The van der Waals surface area contributed by atoms with Crippen LogP contribution in [-0.4, -0.2) is 43.6 Å². The Morgan fingerprint density at radius 1 is 1.36 bits per heavy atom. The molecule has 1 aliphatic heterocycles. The van der Waals surface area contributed by atoms with E-state index in [9.17, 15) is 4.79 Å². The standard InChI is InChI=1S/C16H23ClN2O2.ClH/c1-13-12-14(5-6-15(13)17)21-11-2-4-16(20)19-9-3-7-18-8-10-19;/h5-6,12,18H,2-4,7-11H2,1H3;1H. The molecule has 1 N–H and O–H groups in total. The number of rotatable bonds is 5. The minimum absolute atomic E-state index is 0. The molecular formula is C16H24Cl2N2O2. The van der Waals surface area contributed by atoms with E-state index in [0.29, 0.717) is 13.0 Å². The second-order valence-corrected chi connectivity index (χ2v) is 5.75. The molecule has 2 rings (SSSR count). The van der Waals surface area contributed by atoms with Crippen LogP contribution in [-0.2, 0) is 4.79 Å². The Labute approximate surface area is 143 Å². The molecule has 1 fully saturated rings. The van der Waals surface area contributed by atoms with Gasteiger partial charge in [0.1, 0.15) is 5.75 Å². The smallest absolute Gasteiger partial charge is 0.222 e. The van der Waals surface area contributed by atoms with Gasteiger partial charge in [-0.1, -0.05) is 11.6 Å². The zero-order valence-electron chi connectivity index (χ0n) is 12.9. The molecule has 0 radical (unpaired) electrons. The topological polar surface area (TPSA) is 41.6 Å². The highest BCUT2D eigenvalue weighted by atomic mass is 35.5. The summed E-state index contributed by atoms with van der Waals surface area (Å²) in [4.78, 5) is 14.0. The Morgan fingerprint density at radius 3 is 2.95 bits per heavy atom. The number of aryl methyl sites for hydroxylation is 1. The van der Waals surface area contributed by atoms with Crippen molar-refractivity contribution in [2.45, 2.75) is 26.2 Å². The fourth-order valence-electron chi connectivity index (χ4n) is 2.37. The van der Waals surface area contributed by atoms with Crippen molar-refractivity contribution in [1.29, 1.82) is 0 Å². The molecule has 0 spiro atoms. The molecule has 1 amide bonds.